The Bertz CT molecular complexity index is 872. The van der Waals surface area contributed by atoms with Crippen molar-refractivity contribution < 1.29 is 18.3 Å². The summed E-state index contributed by atoms with van der Waals surface area (Å²) in [5.74, 6) is 0.703. The zero-order valence-electron chi connectivity index (χ0n) is 15.4. The quantitative estimate of drug-likeness (QED) is 0.491. The normalized spacial score (nSPS) is 11.4. The first-order valence-electron chi connectivity index (χ1n) is 8.78. The van der Waals surface area contributed by atoms with Crippen LogP contribution in [0.2, 0.25) is 0 Å². The largest absolute Gasteiger partial charge is 0.457 e. The van der Waals surface area contributed by atoms with Gasteiger partial charge in [0.2, 0.25) is 0 Å². The first-order chi connectivity index (χ1) is 12.9. The van der Waals surface area contributed by atoms with E-state index in [0.717, 1.165) is 11.1 Å². The second-order valence-corrected chi connectivity index (χ2v) is 7.09. The molecule has 0 unspecified atom stereocenters. The number of hydrogen-bond acceptors (Lipinski definition) is 2. The number of rotatable bonds is 7. The summed E-state index contributed by atoms with van der Waals surface area (Å²) >= 11 is 0. The van der Waals surface area contributed by atoms with Gasteiger partial charge in [0.25, 0.3) is 0 Å². The molecule has 0 saturated heterocycles. The Kier molecular flexibility index (Phi) is 5.87. The summed E-state index contributed by atoms with van der Waals surface area (Å²) in [6.45, 7) is 5.07. The minimum atomic E-state index is -0.298. The van der Waals surface area contributed by atoms with E-state index < -0.39 is 0 Å². The average molecular weight is 368 g/mol. The molecule has 2 nitrogen and oxygen atoms in total. The van der Waals surface area contributed by atoms with Gasteiger partial charge in [-0.2, -0.15) is 0 Å². The predicted molar refractivity (Wildman–Crippen MR) is 102 cm³/mol. The maximum absolute atomic E-state index is 13.1. The zero-order valence-corrected chi connectivity index (χ0v) is 15.4. The molecule has 3 aromatic carbocycles. The van der Waals surface area contributed by atoms with Gasteiger partial charge in [0.15, 0.2) is 0 Å². The summed E-state index contributed by atoms with van der Waals surface area (Å²) < 4.78 is 37.7. The maximum atomic E-state index is 13.1. The van der Waals surface area contributed by atoms with E-state index in [1.807, 2.05) is 24.3 Å². The van der Waals surface area contributed by atoms with E-state index >= 15 is 0 Å². The molecule has 140 valence electrons. The van der Waals surface area contributed by atoms with Gasteiger partial charge in [-0.1, -0.05) is 38.1 Å². The van der Waals surface area contributed by atoms with E-state index in [1.165, 1.54) is 24.3 Å². The van der Waals surface area contributed by atoms with Crippen LogP contribution >= 0.6 is 0 Å². The van der Waals surface area contributed by atoms with E-state index in [0.29, 0.717) is 24.7 Å². The second-order valence-electron chi connectivity index (χ2n) is 7.09. The molecule has 0 amide bonds. The minimum absolute atomic E-state index is 0.226. The number of halogens is 2. The van der Waals surface area contributed by atoms with Crippen molar-refractivity contribution in [2.75, 3.05) is 6.61 Å². The lowest BCUT2D eigenvalue weighted by atomic mass is 9.85. The first kappa shape index (κ1) is 19.1. The van der Waals surface area contributed by atoms with Crippen molar-refractivity contribution in [3.8, 4) is 11.5 Å². The summed E-state index contributed by atoms with van der Waals surface area (Å²) in [6.07, 6.45) is 0. The zero-order chi connectivity index (χ0) is 19.3. The lowest BCUT2D eigenvalue weighted by Crippen LogP contribution is -2.24. The van der Waals surface area contributed by atoms with Crippen LogP contribution in [-0.2, 0) is 16.8 Å². The van der Waals surface area contributed by atoms with Crippen LogP contribution in [0.4, 0.5) is 8.78 Å². The van der Waals surface area contributed by atoms with Crippen molar-refractivity contribution in [1.29, 1.82) is 0 Å². The molecule has 0 aromatic heterocycles. The van der Waals surface area contributed by atoms with Gasteiger partial charge >= 0.3 is 0 Å². The van der Waals surface area contributed by atoms with Crippen LogP contribution in [0.1, 0.15) is 25.0 Å². The molecule has 0 heterocycles. The SMILES string of the molecule is CC(C)(COCc1cccc(Oc2ccc(F)cc2)c1)c1ccc(F)cc1. The van der Waals surface area contributed by atoms with Crippen molar-refractivity contribution in [3.05, 3.63) is 95.6 Å². The standard InChI is InChI=1S/C23H22F2O2/c1-23(2,18-6-8-19(24)9-7-18)16-26-15-17-4-3-5-22(14-17)27-21-12-10-20(25)11-13-21/h3-14H,15-16H2,1-2H3. The van der Waals surface area contributed by atoms with E-state index in [4.69, 9.17) is 9.47 Å². The molecular formula is C23H22F2O2. The lowest BCUT2D eigenvalue weighted by molar-refractivity contribution is 0.0824. The van der Waals surface area contributed by atoms with E-state index in [2.05, 4.69) is 13.8 Å². The molecule has 0 aliphatic carbocycles. The van der Waals surface area contributed by atoms with Gasteiger partial charge in [-0.05, 0) is 59.7 Å². The molecule has 0 radical (unpaired) electrons. The molecule has 0 aliphatic rings. The Labute approximate surface area is 158 Å². The van der Waals surface area contributed by atoms with Crippen LogP contribution in [0.3, 0.4) is 0 Å². The highest BCUT2D eigenvalue weighted by Crippen LogP contribution is 2.25. The van der Waals surface area contributed by atoms with Gasteiger partial charge in [-0.3, -0.25) is 0 Å². The van der Waals surface area contributed by atoms with Crippen molar-refractivity contribution in [1.82, 2.24) is 0 Å². The fraction of sp³-hybridized carbons (Fsp3) is 0.217. The molecule has 0 aliphatic heterocycles. The summed E-state index contributed by atoms with van der Waals surface area (Å²) in [5, 5.41) is 0. The molecule has 0 atom stereocenters. The molecule has 0 spiro atoms. The van der Waals surface area contributed by atoms with Crippen LogP contribution in [0.15, 0.2) is 72.8 Å². The Balaban J connectivity index is 1.58. The Morgan fingerprint density at radius 2 is 1.41 bits per heavy atom. The predicted octanol–water partition coefficient (Wildman–Crippen LogP) is 6.25. The van der Waals surface area contributed by atoms with Crippen molar-refractivity contribution >= 4 is 0 Å². The Morgan fingerprint density at radius 3 is 2.07 bits per heavy atom. The van der Waals surface area contributed by atoms with Crippen molar-refractivity contribution in [2.24, 2.45) is 0 Å². The summed E-state index contributed by atoms with van der Waals surface area (Å²) in [6, 6.07) is 20.0. The molecule has 0 saturated carbocycles. The van der Waals surface area contributed by atoms with Crippen LogP contribution in [0, 0.1) is 11.6 Å². The summed E-state index contributed by atoms with van der Waals surface area (Å²) in [5.41, 5.74) is 1.78. The van der Waals surface area contributed by atoms with Gasteiger partial charge in [0.1, 0.15) is 23.1 Å². The number of ether oxygens (including phenoxy) is 2. The van der Waals surface area contributed by atoms with Crippen LogP contribution in [0.5, 0.6) is 11.5 Å². The Morgan fingerprint density at radius 1 is 0.778 bits per heavy atom. The maximum Gasteiger partial charge on any atom is 0.127 e. The second kappa shape index (κ2) is 8.31. The first-order valence-corrected chi connectivity index (χ1v) is 8.78. The van der Waals surface area contributed by atoms with E-state index in [1.54, 1.807) is 24.3 Å². The monoisotopic (exact) mass is 368 g/mol. The molecule has 4 heteroatoms. The smallest absolute Gasteiger partial charge is 0.127 e. The van der Waals surface area contributed by atoms with Gasteiger partial charge in [-0.25, -0.2) is 8.78 Å². The topological polar surface area (TPSA) is 18.5 Å². The third kappa shape index (κ3) is 5.38. The van der Waals surface area contributed by atoms with Gasteiger partial charge in [0.05, 0.1) is 13.2 Å². The third-order valence-electron chi connectivity index (χ3n) is 4.31. The fourth-order valence-electron chi connectivity index (χ4n) is 2.75. The molecule has 3 aromatic rings. The molecular weight excluding hydrogens is 346 g/mol. The lowest BCUT2D eigenvalue weighted by Gasteiger charge is -2.25. The van der Waals surface area contributed by atoms with Crippen molar-refractivity contribution in [2.45, 2.75) is 25.9 Å². The highest BCUT2D eigenvalue weighted by Gasteiger charge is 2.21. The molecule has 3 rings (SSSR count). The van der Waals surface area contributed by atoms with Gasteiger partial charge < -0.3 is 9.47 Å². The number of hydrogen-bond donors (Lipinski definition) is 0. The van der Waals surface area contributed by atoms with E-state index in [-0.39, 0.29) is 17.0 Å². The highest BCUT2D eigenvalue weighted by atomic mass is 19.1. The van der Waals surface area contributed by atoms with Gasteiger partial charge in [0, 0.05) is 5.41 Å². The molecule has 0 N–H and O–H groups in total. The van der Waals surface area contributed by atoms with Crippen LogP contribution < -0.4 is 4.74 Å². The van der Waals surface area contributed by atoms with Crippen molar-refractivity contribution in [3.63, 3.8) is 0 Å². The van der Waals surface area contributed by atoms with E-state index in [9.17, 15) is 8.78 Å². The highest BCUT2D eigenvalue weighted by molar-refractivity contribution is 5.34. The summed E-state index contributed by atoms with van der Waals surface area (Å²) in [4.78, 5) is 0. The fourth-order valence-corrected chi connectivity index (χ4v) is 2.75. The number of benzene rings is 3. The molecule has 0 fully saturated rings. The minimum Gasteiger partial charge on any atom is -0.457 e. The average Bonchev–Trinajstić information content (AvgIpc) is 2.64. The third-order valence-corrected chi connectivity index (χ3v) is 4.31. The molecule has 27 heavy (non-hydrogen) atoms. The van der Waals surface area contributed by atoms with Gasteiger partial charge in [-0.15, -0.1) is 0 Å². The summed E-state index contributed by atoms with van der Waals surface area (Å²) in [7, 11) is 0. The van der Waals surface area contributed by atoms with Crippen LogP contribution in [-0.4, -0.2) is 6.61 Å². The molecule has 0 bridgehead atoms. The van der Waals surface area contributed by atoms with Crippen LogP contribution in [0.25, 0.3) is 0 Å². The Hall–Kier alpha value is -2.72.